The fraction of sp³-hybridized carbons (Fsp3) is 0.703. The van der Waals surface area contributed by atoms with Gasteiger partial charge in [-0.15, -0.1) is 0 Å². The molecule has 226 valence electrons. The molecule has 0 radical (unpaired) electrons. The van der Waals surface area contributed by atoms with Crippen molar-refractivity contribution in [1.82, 2.24) is 0 Å². The van der Waals surface area contributed by atoms with Gasteiger partial charge in [0.25, 0.3) is 0 Å². The van der Waals surface area contributed by atoms with Crippen molar-refractivity contribution in [3.63, 3.8) is 0 Å². The maximum Gasteiger partial charge on any atom is 0.331 e. The quantitative estimate of drug-likeness (QED) is 0.185. The van der Waals surface area contributed by atoms with E-state index in [4.69, 9.17) is 9.47 Å². The number of phenols is 1. The molecule has 0 spiro atoms. The molecule has 4 nitrogen and oxygen atoms in total. The molecule has 3 saturated carbocycles. The number of carbonyl (C=O) groups excluding carboxylic acids is 1. The summed E-state index contributed by atoms with van der Waals surface area (Å²) in [6.07, 6.45) is 19.7. The van der Waals surface area contributed by atoms with E-state index < -0.39 is 0 Å². The minimum Gasteiger partial charge on any atom is -0.504 e. The average molecular weight is 563 g/mol. The summed E-state index contributed by atoms with van der Waals surface area (Å²) in [6, 6.07) is 5.04. The van der Waals surface area contributed by atoms with Crippen molar-refractivity contribution in [2.24, 2.45) is 46.3 Å². The maximum atomic E-state index is 12.7. The van der Waals surface area contributed by atoms with Crippen LogP contribution in [0.1, 0.15) is 111 Å². The van der Waals surface area contributed by atoms with Crippen LogP contribution in [0.15, 0.2) is 35.9 Å². The first-order valence-electron chi connectivity index (χ1n) is 16.5. The summed E-state index contributed by atoms with van der Waals surface area (Å²) in [7, 11) is 1.52. The van der Waals surface area contributed by atoms with E-state index in [1.54, 1.807) is 29.8 Å². The van der Waals surface area contributed by atoms with Crippen LogP contribution in [-0.2, 0) is 9.53 Å². The van der Waals surface area contributed by atoms with E-state index in [0.717, 1.165) is 60.3 Å². The Balaban J connectivity index is 1.21. The lowest BCUT2D eigenvalue weighted by molar-refractivity contribution is -0.145. The van der Waals surface area contributed by atoms with Gasteiger partial charge in [0.1, 0.15) is 6.10 Å². The zero-order valence-electron chi connectivity index (χ0n) is 26.5. The number of aromatic hydroxyl groups is 1. The Labute approximate surface area is 249 Å². The number of ether oxygens (including phenoxy) is 2. The third-order valence-electron chi connectivity index (χ3n) is 12.2. The molecule has 8 unspecified atom stereocenters. The SMILES string of the molecule is COc1cc(/C=C/C(=O)OC2CCC3(C)C(=CCC4C3CCC3(C)C(C(C)CCCC(C)C)CCC43)C2)ccc1O. The van der Waals surface area contributed by atoms with E-state index in [0.29, 0.717) is 11.2 Å². The van der Waals surface area contributed by atoms with Crippen LogP contribution in [-0.4, -0.2) is 24.3 Å². The van der Waals surface area contributed by atoms with Crippen LogP contribution in [0.25, 0.3) is 6.08 Å². The largest absolute Gasteiger partial charge is 0.504 e. The number of phenolic OH excluding ortho intramolecular Hbond substituents is 1. The molecule has 0 bridgehead atoms. The molecule has 0 heterocycles. The van der Waals surface area contributed by atoms with Gasteiger partial charge in [0, 0.05) is 12.5 Å². The Morgan fingerprint density at radius 2 is 1.88 bits per heavy atom. The summed E-state index contributed by atoms with van der Waals surface area (Å²) < 4.78 is 11.1. The third-order valence-corrected chi connectivity index (χ3v) is 12.2. The summed E-state index contributed by atoms with van der Waals surface area (Å²) in [5.74, 6) is 5.20. The van der Waals surface area contributed by atoms with Gasteiger partial charge in [-0.25, -0.2) is 4.79 Å². The highest BCUT2D eigenvalue weighted by molar-refractivity contribution is 5.87. The summed E-state index contributed by atoms with van der Waals surface area (Å²) in [5, 5.41) is 9.80. The zero-order valence-corrected chi connectivity index (χ0v) is 26.5. The number of rotatable bonds is 9. The third kappa shape index (κ3) is 6.00. The smallest absolute Gasteiger partial charge is 0.331 e. The number of carbonyl (C=O) groups is 1. The van der Waals surface area contributed by atoms with Crippen LogP contribution >= 0.6 is 0 Å². The van der Waals surface area contributed by atoms with Crippen LogP contribution < -0.4 is 4.74 Å². The highest BCUT2D eigenvalue weighted by Crippen LogP contribution is 2.67. The minimum atomic E-state index is -0.298. The first kappa shape index (κ1) is 30.2. The molecule has 1 aromatic rings. The maximum absolute atomic E-state index is 12.7. The van der Waals surface area contributed by atoms with Gasteiger partial charge in [-0.05, 0) is 115 Å². The molecule has 1 N–H and O–H groups in total. The summed E-state index contributed by atoms with van der Waals surface area (Å²) >= 11 is 0. The van der Waals surface area contributed by atoms with Crippen LogP contribution in [0.4, 0.5) is 0 Å². The molecule has 0 saturated heterocycles. The molecule has 3 fully saturated rings. The van der Waals surface area contributed by atoms with E-state index in [2.05, 4.69) is 40.7 Å². The standard InChI is InChI=1S/C37H54O4/c1-24(2)8-7-9-25(3)30-14-15-31-29-13-12-27-23-28(18-20-36(27,4)32(29)19-21-37(30,31)5)41-35(39)17-11-26-10-16-33(38)34(22-26)40-6/h10-12,16-17,22,24-25,28-32,38H,7-9,13-15,18-21,23H2,1-6H3/b17-11+. The molecule has 1 aromatic carbocycles. The van der Waals surface area contributed by atoms with E-state index >= 15 is 0 Å². The number of fused-ring (bicyclic) bond motifs is 5. The van der Waals surface area contributed by atoms with Crippen molar-refractivity contribution in [2.45, 2.75) is 111 Å². The Kier molecular flexibility index (Phi) is 8.98. The monoisotopic (exact) mass is 562 g/mol. The average Bonchev–Trinajstić information content (AvgIpc) is 3.30. The normalized spacial score (nSPS) is 35.4. The van der Waals surface area contributed by atoms with Gasteiger partial charge < -0.3 is 14.6 Å². The van der Waals surface area contributed by atoms with Crippen LogP contribution in [0.2, 0.25) is 0 Å². The molecule has 41 heavy (non-hydrogen) atoms. The summed E-state index contributed by atoms with van der Waals surface area (Å²) in [6.45, 7) is 12.5. The number of allylic oxidation sites excluding steroid dienone is 1. The molecule has 8 atom stereocenters. The van der Waals surface area contributed by atoms with Gasteiger partial charge in [-0.1, -0.05) is 71.6 Å². The summed E-state index contributed by atoms with van der Waals surface area (Å²) in [4.78, 5) is 12.7. The fourth-order valence-corrected chi connectivity index (χ4v) is 9.92. The topological polar surface area (TPSA) is 55.8 Å². The second-order valence-corrected chi connectivity index (χ2v) is 14.9. The number of hydrogen-bond donors (Lipinski definition) is 1. The lowest BCUT2D eigenvalue weighted by atomic mass is 9.47. The van der Waals surface area contributed by atoms with Crippen LogP contribution in [0.5, 0.6) is 11.5 Å². The van der Waals surface area contributed by atoms with Crippen LogP contribution in [0, 0.1) is 46.3 Å². The van der Waals surface area contributed by atoms with Gasteiger partial charge in [-0.3, -0.25) is 0 Å². The van der Waals surface area contributed by atoms with Crippen molar-refractivity contribution in [3.05, 3.63) is 41.5 Å². The molecule has 0 aliphatic heterocycles. The number of benzene rings is 1. The van der Waals surface area contributed by atoms with Gasteiger partial charge >= 0.3 is 5.97 Å². The number of methoxy groups -OCH3 is 1. The van der Waals surface area contributed by atoms with Crippen molar-refractivity contribution in [1.29, 1.82) is 0 Å². The number of hydrogen-bond acceptors (Lipinski definition) is 4. The van der Waals surface area contributed by atoms with Crippen LogP contribution in [0.3, 0.4) is 0 Å². The predicted molar refractivity (Wildman–Crippen MR) is 167 cm³/mol. The summed E-state index contributed by atoms with van der Waals surface area (Å²) in [5.41, 5.74) is 3.11. The molecule has 4 aliphatic carbocycles. The van der Waals surface area contributed by atoms with Crippen molar-refractivity contribution in [2.75, 3.05) is 7.11 Å². The van der Waals surface area contributed by atoms with E-state index in [1.807, 2.05) is 0 Å². The lowest BCUT2D eigenvalue weighted by Crippen LogP contribution is -2.51. The Bertz CT molecular complexity index is 1150. The van der Waals surface area contributed by atoms with Gasteiger partial charge in [0.2, 0.25) is 0 Å². The van der Waals surface area contributed by atoms with E-state index in [-0.39, 0.29) is 23.2 Å². The van der Waals surface area contributed by atoms with Gasteiger partial charge in [-0.2, -0.15) is 0 Å². The van der Waals surface area contributed by atoms with E-state index in [9.17, 15) is 9.90 Å². The molecule has 5 rings (SSSR count). The Morgan fingerprint density at radius 3 is 2.63 bits per heavy atom. The molecule has 0 amide bonds. The Morgan fingerprint density at radius 1 is 1.07 bits per heavy atom. The second-order valence-electron chi connectivity index (χ2n) is 14.9. The fourth-order valence-electron chi connectivity index (χ4n) is 9.92. The van der Waals surface area contributed by atoms with Crippen molar-refractivity contribution < 1.29 is 19.4 Å². The van der Waals surface area contributed by atoms with E-state index in [1.165, 1.54) is 64.6 Å². The second kappa shape index (κ2) is 12.2. The molecular formula is C37H54O4. The first-order valence-corrected chi connectivity index (χ1v) is 16.5. The molecule has 4 heteroatoms. The first-order chi connectivity index (χ1) is 19.5. The molecular weight excluding hydrogens is 508 g/mol. The van der Waals surface area contributed by atoms with Crippen molar-refractivity contribution in [3.8, 4) is 11.5 Å². The molecule has 4 aliphatic rings. The Hall–Kier alpha value is -2.23. The van der Waals surface area contributed by atoms with Gasteiger partial charge in [0.15, 0.2) is 11.5 Å². The highest BCUT2D eigenvalue weighted by Gasteiger charge is 2.59. The minimum absolute atomic E-state index is 0.0474. The lowest BCUT2D eigenvalue weighted by Gasteiger charge is -2.58. The zero-order chi connectivity index (χ0) is 29.4. The predicted octanol–water partition coefficient (Wildman–Crippen LogP) is 9.37. The van der Waals surface area contributed by atoms with Crippen molar-refractivity contribution >= 4 is 12.0 Å². The van der Waals surface area contributed by atoms with Gasteiger partial charge in [0.05, 0.1) is 7.11 Å². The number of esters is 1. The molecule has 0 aromatic heterocycles. The highest BCUT2D eigenvalue weighted by atomic mass is 16.5.